The van der Waals surface area contributed by atoms with Crippen LogP contribution in [0.3, 0.4) is 0 Å². The SMILES string of the molecule is C=C(CN1CCCC1)[C@@H]1CC[C@]2(C(=O)NCCCCCCCCCCC(=O)OC)CC[C@]3(C)[C@H](CC[C@@H]4[C@@]5(C)CC[C@H](OC(C)=O)C(C)(C)[C@@H]5CC[C@]43C)[C@@H]12. The van der Waals surface area contributed by atoms with Gasteiger partial charge in [-0.1, -0.05) is 85.3 Å². The zero-order valence-corrected chi connectivity index (χ0v) is 36.3. The Kier molecular flexibility index (Phi) is 13.3. The number of nitrogens with zero attached hydrogens (tertiary/aromatic N) is 1. The number of likely N-dealkylation sites (tertiary alicyclic amines) is 1. The molecule has 55 heavy (non-hydrogen) atoms. The Morgan fingerprint density at radius 1 is 0.745 bits per heavy atom. The number of ether oxygens (including phenoxy) is 2. The molecule has 6 aliphatic rings. The van der Waals surface area contributed by atoms with Gasteiger partial charge >= 0.3 is 11.9 Å². The molecule has 5 aliphatic carbocycles. The number of methoxy groups -OCH3 is 1. The second-order valence-corrected chi connectivity index (χ2v) is 21.0. The van der Waals surface area contributed by atoms with E-state index in [-0.39, 0.29) is 45.1 Å². The lowest BCUT2D eigenvalue weighted by Gasteiger charge is -2.72. The summed E-state index contributed by atoms with van der Waals surface area (Å²) in [6.07, 6.45) is 23.5. The minimum absolute atomic E-state index is 0.00410. The molecule has 0 radical (unpaired) electrons. The third-order valence-corrected chi connectivity index (χ3v) is 18.1. The summed E-state index contributed by atoms with van der Waals surface area (Å²) < 4.78 is 10.8. The Hall–Kier alpha value is -1.89. The van der Waals surface area contributed by atoms with Gasteiger partial charge in [-0.3, -0.25) is 19.3 Å². The van der Waals surface area contributed by atoms with E-state index in [1.807, 2.05) is 0 Å². The van der Waals surface area contributed by atoms with Crippen LogP contribution in [0.2, 0.25) is 0 Å². The fourth-order valence-corrected chi connectivity index (χ4v) is 15.1. The van der Waals surface area contributed by atoms with Crippen LogP contribution in [-0.2, 0) is 23.9 Å². The summed E-state index contributed by atoms with van der Waals surface area (Å²) in [6, 6.07) is 0. The summed E-state index contributed by atoms with van der Waals surface area (Å²) in [4.78, 5) is 40.9. The monoisotopic (exact) mass is 765 g/mol. The number of rotatable bonds is 16. The number of carbonyl (C=O) groups excluding carboxylic acids is 3. The molecule has 6 rings (SSSR count). The van der Waals surface area contributed by atoms with Crippen LogP contribution in [0.15, 0.2) is 12.2 Å². The van der Waals surface area contributed by atoms with E-state index in [1.54, 1.807) is 6.92 Å². The Morgan fingerprint density at radius 2 is 1.42 bits per heavy atom. The predicted octanol–water partition coefficient (Wildman–Crippen LogP) is 10.5. The smallest absolute Gasteiger partial charge is 0.305 e. The Morgan fingerprint density at radius 3 is 2.09 bits per heavy atom. The summed E-state index contributed by atoms with van der Waals surface area (Å²) >= 11 is 0. The van der Waals surface area contributed by atoms with Crippen LogP contribution < -0.4 is 5.32 Å². The maximum atomic E-state index is 14.8. The highest BCUT2D eigenvalue weighted by molar-refractivity contribution is 5.84. The third-order valence-electron chi connectivity index (χ3n) is 18.1. The highest BCUT2D eigenvalue weighted by Gasteiger charge is 2.72. The van der Waals surface area contributed by atoms with Gasteiger partial charge in [0.2, 0.25) is 5.91 Å². The number of hydrogen-bond acceptors (Lipinski definition) is 6. The van der Waals surface area contributed by atoms with Crippen molar-refractivity contribution < 1.29 is 23.9 Å². The predicted molar refractivity (Wildman–Crippen MR) is 221 cm³/mol. The molecule has 1 amide bonds. The molecule has 7 heteroatoms. The zero-order valence-electron chi connectivity index (χ0n) is 36.3. The topological polar surface area (TPSA) is 84.9 Å². The van der Waals surface area contributed by atoms with Gasteiger partial charge < -0.3 is 14.8 Å². The minimum atomic E-state index is -0.276. The number of amides is 1. The van der Waals surface area contributed by atoms with Gasteiger partial charge in [0.1, 0.15) is 6.10 Å². The first-order valence-corrected chi connectivity index (χ1v) is 23.1. The Bertz CT molecular complexity index is 1390. The molecule has 312 valence electrons. The minimum Gasteiger partial charge on any atom is -0.469 e. The van der Waals surface area contributed by atoms with Crippen LogP contribution >= 0.6 is 0 Å². The molecule has 1 heterocycles. The maximum Gasteiger partial charge on any atom is 0.305 e. The lowest BCUT2D eigenvalue weighted by molar-refractivity contribution is -0.248. The quantitative estimate of drug-likeness (QED) is 0.0957. The molecule has 1 aliphatic heterocycles. The molecule has 5 saturated carbocycles. The molecule has 1 N–H and O–H groups in total. The number of unbranched alkanes of at least 4 members (excludes halogenated alkanes) is 7. The summed E-state index contributed by atoms with van der Waals surface area (Å²) in [6.45, 7) is 23.4. The van der Waals surface area contributed by atoms with Crippen molar-refractivity contribution in [3.63, 3.8) is 0 Å². The van der Waals surface area contributed by atoms with Crippen molar-refractivity contribution in [2.75, 3.05) is 33.3 Å². The fourth-order valence-electron chi connectivity index (χ4n) is 15.1. The molecule has 10 atom stereocenters. The molecular weight excluding hydrogens is 685 g/mol. The summed E-state index contributed by atoms with van der Waals surface area (Å²) in [5.41, 5.74) is 1.73. The van der Waals surface area contributed by atoms with E-state index >= 15 is 0 Å². The molecule has 1 saturated heterocycles. The van der Waals surface area contributed by atoms with Crippen LogP contribution in [0.25, 0.3) is 0 Å². The number of esters is 2. The van der Waals surface area contributed by atoms with Crippen molar-refractivity contribution in [2.45, 2.75) is 182 Å². The third kappa shape index (κ3) is 7.97. The summed E-state index contributed by atoms with van der Waals surface area (Å²) in [5.74, 6) is 2.64. The highest BCUT2D eigenvalue weighted by atomic mass is 16.5. The molecular formula is C48H80N2O5. The second kappa shape index (κ2) is 17.1. The van der Waals surface area contributed by atoms with Crippen LogP contribution in [0.5, 0.6) is 0 Å². The van der Waals surface area contributed by atoms with E-state index in [1.165, 1.54) is 90.0 Å². The van der Waals surface area contributed by atoms with E-state index in [0.717, 1.165) is 77.3 Å². The first-order chi connectivity index (χ1) is 26.1. The van der Waals surface area contributed by atoms with Gasteiger partial charge in [-0.2, -0.15) is 0 Å². The largest absolute Gasteiger partial charge is 0.469 e. The number of nitrogens with one attached hydrogen (secondary N) is 1. The molecule has 0 aromatic rings. The Labute approximate surface area is 335 Å². The summed E-state index contributed by atoms with van der Waals surface area (Å²) in [5, 5.41) is 3.57. The van der Waals surface area contributed by atoms with Crippen molar-refractivity contribution in [3.05, 3.63) is 12.2 Å². The molecule has 0 aromatic heterocycles. The molecule has 0 bridgehead atoms. The van der Waals surface area contributed by atoms with Crippen molar-refractivity contribution in [1.29, 1.82) is 0 Å². The molecule has 0 unspecified atom stereocenters. The van der Waals surface area contributed by atoms with Gasteiger partial charge in [0.25, 0.3) is 0 Å². The standard InChI is InChI=1S/C48H80N2O5/c1-34(33-50-31-17-18-32-50)36-22-27-48(43(53)49-30-16-14-12-10-9-11-13-15-19-41(52)54-8)29-28-46(6)37(42(36)48)20-21-39-45(5)25-24-40(55-35(2)51)44(3,4)38(45)23-26-47(39,46)7/h36-40,42H,1,9-33H2,2-8H3,(H,49,53)/t36-,37+,38-,39+,40-,42+,45-,46+,47+,48-/m0/s1. The van der Waals surface area contributed by atoms with Crippen molar-refractivity contribution in [2.24, 2.45) is 56.7 Å². The number of hydrogen-bond donors (Lipinski definition) is 1. The molecule has 0 spiro atoms. The average molecular weight is 765 g/mol. The normalized spacial score (nSPS) is 39.3. The van der Waals surface area contributed by atoms with E-state index in [9.17, 15) is 14.4 Å². The van der Waals surface area contributed by atoms with Crippen molar-refractivity contribution >= 4 is 17.8 Å². The first kappa shape index (κ1) is 42.7. The van der Waals surface area contributed by atoms with Crippen LogP contribution in [0.1, 0.15) is 176 Å². The van der Waals surface area contributed by atoms with E-state index in [0.29, 0.717) is 41.9 Å². The van der Waals surface area contributed by atoms with Crippen molar-refractivity contribution in [1.82, 2.24) is 10.2 Å². The second-order valence-electron chi connectivity index (χ2n) is 21.0. The lowest BCUT2D eigenvalue weighted by Crippen LogP contribution is -2.67. The first-order valence-electron chi connectivity index (χ1n) is 23.1. The fraction of sp³-hybridized carbons (Fsp3) is 0.896. The zero-order chi connectivity index (χ0) is 39.6. The number of carbonyl (C=O) groups is 3. The molecule has 0 aromatic carbocycles. The molecule has 6 fully saturated rings. The van der Waals surface area contributed by atoms with Gasteiger partial charge in [0, 0.05) is 31.8 Å². The maximum absolute atomic E-state index is 14.8. The highest BCUT2D eigenvalue weighted by Crippen LogP contribution is 2.77. The van der Waals surface area contributed by atoms with E-state index in [4.69, 9.17) is 16.1 Å². The Balaban J connectivity index is 1.14. The average Bonchev–Trinajstić information content (AvgIpc) is 3.80. The molecule has 7 nitrogen and oxygen atoms in total. The van der Waals surface area contributed by atoms with Gasteiger partial charge in [0.05, 0.1) is 12.5 Å². The van der Waals surface area contributed by atoms with Gasteiger partial charge in [-0.15, -0.1) is 0 Å². The number of fused-ring (bicyclic) bond motifs is 7. The summed E-state index contributed by atoms with van der Waals surface area (Å²) in [7, 11) is 1.46. The van der Waals surface area contributed by atoms with E-state index < -0.39 is 0 Å². The van der Waals surface area contributed by atoms with Gasteiger partial charge in [-0.25, -0.2) is 0 Å². The van der Waals surface area contributed by atoms with Gasteiger partial charge in [0.15, 0.2) is 0 Å². The lowest BCUT2D eigenvalue weighted by atomic mass is 9.32. The van der Waals surface area contributed by atoms with Gasteiger partial charge in [-0.05, 0) is 149 Å². The van der Waals surface area contributed by atoms with Crippen molar-refractivity contribution in [3.8, 4) is 0 Å². The van der Waals surface area contributed by atoms with Crippen LogP contribution in [0, 0.1) is 56.7 Å². The van der Waals surface area contributed by atoms with E-state index in [2.05, 4.69) is 44.8 Å². The van der Waals surface area contributed by atoms with Crippen LogP contribution in [-0.4, -0.2) is 62.1 Å². The van der Waals surface area contributed by atoms with Crippen LogP contribution in [0.4, 0.5) is 0 Å².